The molecule has 4 N–H and O–H groups in total. The number of rotatable bonds is 14. The van der Waals surface area contributed by atoms with E-state index in [1.807, 2.05) is 0 Å². The number of benzene rings is 1. The zero-order valence-electron chi connectivity index (χ0n) is 17.7. The van der Waals surface area contributed by atoms with Gasteiger partial charge in [-0.1, -0.05) is 25.7 Å². The molecule has 0 amide bonds. The van der Waals surface area contributed by atoms with Crippen LogP contribution in [-0.2, 0) is 22.4 Å². The first-order valence-electron chi connectivity index (χ1n) is 11.3. The van der Waals surface area contributed by atoms with Crippen molar-refractivity contribution in [2.24, 2.45) is 10.8 Å². The summed E-state index contributed by atoms with van der Waals surface area (Å²) in [6.07, 6.45) is 11.3. The predicted octanol–water partition coefficient (Wildman–Crippen LogP) is 5.03. The minimum absolute atomic E-state index is 0.194. The number of carboxylic acids is 2. The first-order valence-corrected chi connectivity index (χ1v) is 11.3. The Balaban J connectivity index is 1.35. The summed E-state index contributed by atoms with van der Waals surface area (Å²) in [6, 6.07) is 3.28. The van der Waals surface area contributed by atoms with Crippen molar-refractivity contribution >= 4 is 11.9 Å². The van der Waals surface area contributed by atoms with Gasteiger partial charge in [0.25, 0.3) is 0 Å². The number of unbranched alkanes of at least 4 members (excludes halogenated alkanes) is 4. The SMILES string of the molecule is O=C(O)C1(CCCCCCc2cc(O)c(CCCCC3(C(=O)O)CC3)cc2O)CC1. The van der Waals surface area contributed by atoms with Gasteiger partial charge in [-0.15, -0.1) is 0 Å². The Morgan fingerprint density at radius 3 is 1.43 bits per heavy atom. The third-order valence-electron chi connectivity index (χ3n) is 7.10. The number of hydrogen-bond donors (Lipinski definition) is 4. The first kappa shape index (κ1) is 22.4. The lowest BCUT2D eigenvalue weighted by atomic mass is 9.95. The van der Waals surface area contributed by atoms with Crippen molar-refractivity contribution in [3.63, 3.8) is 0 Å². The van der Waals surface area contributed by atoms with Gasteiger partial charge >= 0.3 is 11.9 Å². The van der Waals surface area contributed by atoms with E-state index in [0.717, 1.165) is 76.2 Å². The number of carbonyl (C=O) groups is 2. The molecule has 2 aliphatic carbocycles. The van der Waals surface area contributed by atoms with E-state index < -0.39 is 22.8 Å². The Morgan fingerprint density at radius 1 is 0.667 bits per heavy atom. The summed E-state index contributed by atoms with van der Waals surface area (Å²) in [6.45, 7) is 0. The maximum atomic E-state index is 11.2. The van der Waals surface area contributed by atoms with Gasteiger partial charge in [0.1, 0.15) is 11.5 Å². The third-order valence-corrected chi connectivity index (χ3v) is 7.10. The summed E-state index contributed by atoms with van der Waals surface area (Å²) >= 11 is 0. The van der Waals surface area contributed by atoms with E-state index in [4.69, 9.17) is 0 Å². The van der Waals surface area contributed by atoms with Crippen molar-refractivity contribution in [2.75, 3.05) is 0 Å². The number of phenols is 2. The molecule has 0 aliphatic heterocycles. The lowest BCUT2D eigenvalue weighted by molar-refractivity contribution is -0.144. The molecule has 0 bridgehead atoms. The van der Waals surface area contributed by atoms with Gasteiger partial charge in [0.2, 0.25) is 0 Å². The topological polar surface area (TPSA) is 115 Å². The van der Waals surface area contributed by atoms with E-state index in [9.17, 15) is 30.0 Å². The highest BCUT2D eigenvalue weighted by Crippen LogP contribution is 2.50. The van der Waals surface area contributed by atoms with Crippen LogP contribution in [-0.4, -0.2) is 32.4 Å². The van der Waals surface area contributed by atoms with Crippen molar-refractivity contribution in [1.29, 1.82) is 0 Å². The van der Waals surface area contributed by atoms with Crippen LogP contribution in [0.1, 0.15) is 88.2 Å². The molecule has 0 aromatic heterocycles. The molecule has 2 aliphatic rings. The molecule has 0 heterocycles. The quantitative estimate of drug-likeness (QED) is 0.249. The molecule has 166 valence electrons. The summed E-state index contributed by atoms with van der Waals surface area (Å²) in [4.78, 5) is 22.4. The van der Waals surface area contributed by atoms with Crippen molar-refractivity contribution in [3.05, 3.63) is 23.3 Å². The predicted molar refractivity (Wildman–Crippen MR) is 113 cm³/mol. The lowest BCUT2D eigenvalue weighted by Gasteiger charge is -2.12. The highest BCUT2D eigenvalue weighted by Gasteiger charge is 2.49. The number of aryl methyl sites for hydroxylation is 2. The summed E-state index contributed by atoms with van der Waals surface area (Å²) in [5, 5.41) is 39.0. The standard InChI is InChI=1S/C24H34O6/c25-19-16-18(8-4-6-10-24(13-14-24)22(29)30)20(26)15-17(19)7-3-1-2-5-9-23(11-12-23)21(27)28/h15-16,25-26H,1-14H2,(H,27,28)(H,29,30). The fourth-order valence-corrected chi connectivity index (χ4v) is 4.42. The van der Waals surface area contributed by atoms with Gasteiger partial charge in [0.15, 0.2) is 0 Å². The number of phenolic OH excluding ortho intramolecular Hbond substituents is 2. The van der Waals surface area contributed by atoms with Crippen LogP contribution in [0, 0.1) is 10.8 Å². The molecule has 0 atom stereocenters. The van der Waals surface area contributed by atoms with Gasteiger partial charge in [0, 0.05) is 0 Å². The van der Waals surface area contributed by atoms with E-state index in [1.54, 1.807) is 12.1 Å². The molecule has 0 radical (unpaired) electrons. The Labute approximate surface area is 177 Å². The largest absolute Gasteiger partial charge is 0.508 e. The van der Waals surface area contributed by atoms with Crippen molar-refractivity contribution in [2.45, 2.75) is 89.9 Å². The zero-order valence-corrected chi connectivity index (χ0v) is 17.7. The van der Waals surface area contributed by atoms with Crippen LogP contribution in [0.2, 0.25) is 0 Å². The molecule has 6 heteroatoms. The molecule has 0 saturated heterocycles. The zero-order chi connectivity index (χ0) is 21.8. The Hall–Kier alpha value is -2.24. The van der Waals surface area contributed by atoms with Gasteiger partial charge in [-0.25, -0.2) is 0 Å². The van der Waals surface area contributed by atoms with Gasteiger partial charge < -0.3 is 20.4 Å². The van der Waals surface area contributed by atoms with E-state index in [2.05, 4.69) is 0 Å². The van der Waals surface area contributed by atoms with Crippen LogP contribution in [0.3, 0.4) is 0 Å². The van der Waals surface area contributed by atoms with Crippen LogP contribution in [0.4, 0.5) is 0 Å². The van der Waals surface area contributed by atoms with Crippen LogP contribution in [0.5, 0.6) is 11.5 Å². The average molecular weight is 419 g/mol. The maximum absolute atomic E-state index is 11.2. The second-order valence-corrected chi connectivity index (χ2v) is 9.40. The van der Waals surface area contributed by atoms with Crippen molar-refractivity contribution in [3.8, 4) is 11.5 Å². The molecular weight excluding hydrogens is 384 g/mol. The Morgan fingerprint density at radius 2 is 1.03 bits per heavy atom. The Kier molecular flexibility index (Phi) is 6.94. The fraction of sp³-hybridized carbons (Fsp3) is 0.667. The lowest BCUT2D eigenvalue weighted by Crippen LogP contribution is -2.14. The Bertz CT molecular complexity index is 776. The molecule has 3 rings (SSSR count). The molecule has 0 spiro atoms. The second-order valence-electron chi connectivity index (χ2n) is 9.40. The smallest absolute Gasteiger partial charge is 0.309 e. The average Bonchev–Trinajstić information content (AvgIpc) is 3.60. The van der Waals surface area contributed by atoms with Crippen LogP contribution in [0.25, 0.3) is 0 Å². The van der Waals surface area contributed by atoms with Crippen LogP contribution < -0.4 is 0 Å². The van der Waals surface area contributed by atoms with Gasteiger partial charge in [-0.3, -0.25) is 9.59 Å². The minimum Gasteiger partial charge on any atom is -0.508 e. The third kappa shape index (κ3) is 5.46. The first-order chi connectivity index (χ1) is 14.3. The highest BCUT2D eigenvalue weighted by molar-refractivity contribution is 5.78. The van der Waals surface area contributed by atoms with Gasteiger partial charge in [-0.2, -0.15) is 0 Å². The summed E-state index contributed by atoms with van der Waals surface area (Å²) in [7, 11) is 0. The molecule has 2 saturated carbocycles. The van der Waals surface area contributed by atoms with Crippen LogP contribution >= 0.6 is 0 Å². The number of hydrogen-bond acceptors (Lipinski definition) is 4. The minimum atomic E-state index is -0.693. The molecule has 6 nitrogen and oxygen atoms in total. The molecule has 1 aromatic rings. The van der Waals surface area contributed by atoms with E-state index in [1.165, 1.54) is 0 Å². The number of aliphatic carboxylic acids is 2. The molecule has 30 heavy (non-hydrogen) atoms. The molecule has 0 unspecified atom stereocenters. The maximum Gasteiger partial charge on any atom is 0.309 e. The van der Waals surface area contributed by atoms with E-state index in [-0.39, 0.29) is 11.5 Å². The number of carboxylic acid groups (broad SMARTS) is 2. The molecular formula is C24H34O6. The fourth-order valence-electron chi connectivity index (χ4n) is 4.42. The summed E-state index contributed by atoms with van der Waals surface area (Å²) in [5.41, 5.74) is 0.510. The summed E-state index contributed by atoms with van der Waals surface area (Å²) < 4.78 is 0. The monoisotopic (exact) mass is 418 g/mol. The van der Waals surface area contributed by atoms with Crippen LogP contribution in [0.15, 0.2) is 12.1 Å². The number of aromatic hydroxyl groups is 2. The van der Waals surface area contributed by atoms with E-state index >= 15 is 0 Å². The van der Waals surface area contributed by atoms with Crippen molar-refractivity contribution < 1.29 is 30.0 Å². The molecule has 2 fully saturated rings. The molecule has 1 aromatic carbocycles. The van der Waals surface area contributed by atoms with Crippen molar-refractivity contribution in [1.82, 2.24) is 0 Å². The van der Waals surface area contributed by atoms with E-state index in [0.29, 0.717) is 24.8 Å². The highest BCUT2D eigenvalue weighted by atomic mass is 16.4. The summed E-state index contributed by atoms with van der Waals surface area (Å²) in [5.74, 6) is -0.952. The second kappa shape index (κ2) is 9.27. The normalized spacial score (nSPS) is 18.1. The van der Waals surface area contributed by atoms with Gasteiger partial charge in [0.05, 0.1) is 10.8 Å². The van der Waals surface area contributed by atoms with Gasteiger partial charge in [-0.05, 0) is 87.5 Å².